The van der Waals surface area contributed by atoms with Crippen molar-refractivity contribution in [3.05, 3.63) is 94.6 Å². The van der Waals surface area contributed by atoms with Crippen molar-refractivity contribution in [1.82, 2.24) is 10.6 Å². The summed E-state index contributed by atoms with van der Waals surface area (Å²) < 4.78 is 11.0. The molecule has 0 atom stereocenters. The molecule has 0 saturated heterocycles. The summed E-state index contributed by atoms with van der Waals surface area (Å²) >= 11 is 0. The Morgan fingerprint density at radius 3 is 2.42 bits per heavy atom. The summed E-state index contributed by atoms with van der Waals surface area (Å²) in [4.78, 5) is 25.3. The van der Waals surface area contributed by atoms with Gasteiger partial charge >= 0.3 is 0 Å². The average molecular weight is 418 g/mol. The Balaban J connectivity index is 1.62. The van der Waals surface area contributed by atoms with E-state index in [1.165, 1.54) is 12.3 Å². The minimum atomic E-state index is -0.430. The van der Waals surface area contributed by atoms with Crippen LogP contribution in [0.5, 0.6) is 5.75 Å². The first-order valence-electron chi connectivity index (χ1n) is 10.0. The molecule has 2 amide bonds. The third-order valence-corrected chi connectivity index (χ3v) is 4.61. The zero-order valence-electron chi connectivity index (χ0n) is 17.9. The molecule has 160 valence electrons. The van der Waals surface area contributed by atoms with Gasteiger partial charge in [0.05, 0.1) is 12.8 Å². The number of benzene rings is 2. The van der Waals surface area contributed by atoms with Gasteiger partial charge in [-0.2, -0.15) is 0 Å². The van der Waals surface area contributed by atoms with Crippen LogP contribution in [0.15, 0.2) is 71.0 Å². The third kappa shape index (κ3) is 6.34. The lowest BCUT2D eigenvalue weighted by Crippen LogP contribution is -2.36. The summed E-state index contributed by atoms with van der Waals surface area (Å²) in [6, 6.07) is 16.5. The van der Waals surface area contributed by atoms with Crippen molar-refractivity contribution in [2.24, 2.45) is 0 Å². The Kier molecular flexibility index (Phi) is 7.27. The van der Waals surface area contributed by atoms with Gasteiger partial charge in [0.2, 0.25) is 0 Å². The van der Waals surface area contributed by atoms with Gasteiger partial charge in [-0.05, 0) is 56.7 Å². The number of hydrogen-bond donors (Lipinski definition) is 2. The van der Waals surface area contributed by atoms with Crippen molar-refractivity contribution in [2.45, 2.75) is 20.8 Å². The van der Waals surface area contributed by atoms with E-state index in [0.717, 1.165) is 22.4 Å². The van der Waals surface area contributed by atoms with Gasteiger partial charge in [-0.15, -0.1) is 0 Å². The Hall–Kier alpha value is -3.80. The number of rotatable bonds is 8. The summed E-state index contributed by atoms with van der Waals surface area (Å²) in [5.41, 5.74) is 3.80. The molecule has 3 rings (SSSR count). The monoisotopic (exact) mass is 418 g/mol. The first kappa shape index (κ1) is 21.9. The van der Waals surface area contributed by atoms with Crippen LogP contribution in [0.2, 0.25) is 0 Å². The molecule has 0 radical (unpaired) electrons. The fourth-order valence-electron chi connectivity index (χ4n) is 2.96. The SMILES string of the molecule is Cc1ccc(C(=O)N/C(=C\c2ccco2)C(=O)NCCOc2ccc(C)cc2C)cc1. The Labute approximate surface area is 181 Å². The van der Waals surface area contributed by atoms with Crippen molar-refractivity contribution in [1.29, 1.82) is 0 Å². The zero-order chi connectivity index (χ0) is 22.2. The van der Waals surface area contributed by atoms with Crippen LogP contribution in [-0.2, 0) is 4.79 Å². The minimum absolute atomic E-state index is 0.0899. The van der Waals surface area contributed by atoms with Gasteiger partial charge in [-0.25, -0.2) is 0 Å². The second-order valence-corrected chi connectivity index (χ2v) is 7.27. The summed E-state index contributed by atoms with van der Waals surface area (Å²) in [5, 5.41) is 5.45. The maximum absolute atomic E-state index is 12.7. The molecule has 0 unspecified atom stereocenters. The molecule has 0 aliphatic carbocycles. The molecule has 3 aromatic rings. The molecule has 1 heterocycles. The van der Waals surface area contributed by atoms with Crippen LogP contribution in [0.1, 0.15) is 32.8 Å². The van der Waals surface area contributed by atoms with E-state index in [1.54, 1.807) is 24.3 Å². The fraction of sp³-hybridized carbons (Fsp3) is 0.200. The largest absolute Gasteiger partial charge is 0.491 e. The molecule has 6 nitrogen and oxygen atoms in total. The quantitative estimate of drug-likeness (QED) is 0.425. The summed E-state index contributed by atoms with van der Waals surface area (Å²) in [5.74, 6) is 0.431. The number of ether oxygens (including phenoxy) is 1. The lowest BCUT2D eigenvalue weighted by molar-refractivity contribution is -0.117. The summed E-state index contributed by atoms with van der Waals surface area (Å²) in [7, 11) is 0. The van der Waals surface area contributed by atoms with E-state index in [1.807, 2.05) is 51.1 Å². The van der Waals surface area contributed by atoms with Gasteiger partial charge in [0.15, 0.2) is 0 Å². The maximum atomic E-state index is 12.7. The van der Waals surface area contributed by atoms with Crippen LogP contribution in [0.25, 0.3) is 6.08 Å². The molecule has 0 bridgehead atoms. The molecule has 0 aliphatic heterocycles. The predicted octanol–water partition coefficient (Wildman–Crippen LogP) is 4.17. The maximum Gasteiger partial charge on any atom is 0.268 e. The van der Waals surface area contributed by atoms with Crippen molar-refractivity contribution in [3.8, 4) is 5.75 Å². The van der Waals surface area contributed by atoms with Crippen LogP contribution in [0.3, 0.4) is 0 Å². The Bertz CT molecular complexity index is 1070. The van der Waals surface area contributed by atoms with Crippen molar-refractivity contribution >= 4 is 17.9 Å². The van der Waals surface area contributed by atoms with Crippen LogP contribution in [0.4, 0.5) is 0 Å². The molecule has 0 fully saturated rings. The van der Waals surface area contributed by atoms with E-state index >= 15 is 0 Å². The number of carbonyl (C=O) groups is 2. The van der Waals surface area contributed by atoms with Gasteiger partial charge in [0.1, 0.15) is 23.8 Å². The van der Waals surface area contributed by atoms with Crippen molar-refractivity contribution < 1.29 is 18.7 Å². The highest BCUT2D eigenvalue weighted by molar-refractivity contribution is 6.05. The average Bonchev–Trinajstić information content (AvgIpc) is 3.25. The normalized spacial score (nSPS) is 11.1. The standard InChI is InChI=1S/C25H26N2O4/c1-17-6-9-20(10-7-17)24(28)27-22(16-21-5-4-13-30-21)25(29)26-12-14-31-23-11-8-18(2)15-19(23)3/h4-11,13,15-16H,12,14H2,1-3H3,(H,26,29)(H,27,28)/b22-16-. The van der Waals surface area contributed by atoms with Crippen LogP contribution < -0.4 is 15.4 Å². The van der Waals surface area contributed by atoms with E-state index in [2.05, 4.69) is 10.6 Å². The molecule has 31 heavy (non-hydrogen) atoms. The highest BCUT2D eigenvalue weighted by Gasteiger charge is 2.15. The fourth-order valence-corrected chi connectivity index (χ4v) is 2.96. The summed E-state index contributed by atoms with van der Waals surface area (Å²) in [6.45, 7) is 6.52. The van der Waals surface area contributed by atoms with E-state index < -0.39 is 5.91 Å². The van der Waals surface area contributed by atoms with E-state index in [4.69, 9.17) is 9.15 Å². The van der Waals surface area contributed by atoms with Gasteiger partial charge in [0, 0.05) is 11.6 Å². The molecular formula is C25H26N2O4. The number of hydrogen-bond acceptors (Lipinski definition) is 4. The highest BCUT2D eigenvalue weighted by Crippen LogP contribution is 2.18. The number of aryl methyl sites for hydroxylation is 3. The lowest BCUT2D eigenvalue weighted by atomic mass is 10.1. The van der Waals surface area contributed by atoms with E-state index in [-0.39, 0.29) is 18.1 Å². The van der Waals surface area contributed by atoms with Gasteiger partial charge < -0.3 is 19.8 Å². The molecule has 0 aliphatic rings. The van der Waals surface area contributed by atoms with E-state index in [9.17, 15) is 9.59 Å². The van der Waals surface area contributed by atoms with Gasteiger partial charge in [-0.3, -0.25) is 9.59 Å². The minimum Gasteiger partial charge on any atom is -0.491 e. The molecule has 2 N–H and O–H groups in total. The first-order chi connectivity index (χ1) is 14.9. The molecule has 1 aromatic heterocycles. The molecule has 6 heteroatoms. The smallest absolute Gasteiger partial charge is 0.268 e. The molecule has 0 spiro atoms. The second kappa shape index (κ2) is 10.3. The number of carbonyl (C=O) groups excluding carboxylic acids is 2. The number of nitrogens with one attached hydrogen (secondary N) is 2. The molecule has 0 saturated carbocycles. The number of amides is 2. The number of furan rings is 1. The Morgan fingerprint density at radius 1 is 1.00 bits per heavy atom. The lowest BCUT2D eigenvalue weighted by Gasteiger charge is -2.12. The predicted molar refractivity (Wildman–Crippen MR) is 120 cm³/mol. The van der Waals surface area contributed by atoms with E-state index in [0.29, 0.717) is 17.9 Å². The van der Waals surface area contributed by atoms with Crippen molar-refractivity contribution in [2.75, 3.05) is 13.2 Å². The Morgan fingerprint density at radius 2 is 1.74 bits per heavy atom. The summed E-state index contributed by atoms with van der Waals surface area (Å²) in [6.07, 6.45) is 2.99. The van der Waals surface area contributed by atoms with Crippen LogP contribution >= 0.6 is 0 Å². The first-order valence-corrected chi connectivity index (χ1v) is 10.0. The van der Waals surface area contributed by atoms with Gasteiger partial charge in [-0.1, -0.05) is 35.4 Å². The zero-order valence-corrected chi connectivity index (χ0v) is 17.9. The molecular weight excluding hydrogens is 392 g/mol. The van der Waals surface area contributed by atoms with Crippen LogP contribution in [-0.4, -0.2) is 25.0 Å². The highest BCUT2D eigenvalue weighted by atomic mass is 16.5. The second-order valence-electron chi connectivity index (χ2n) is 7.27. The molecule has 2 aromatic carbocycles. The van der Waals surface area contributed by atoms with Crippen molar-refractivity contribution in [3.63, 3.8) is 0 Å². The van der Waals surface area contributed by atoms with Gasteiger partial charge in [0.25, 0.3) is 11.8 Å². The third-order valence-electron chi connectivity index (χ3n) is 4.61. The topological polar surface area (TPSA) is 80.6 Å². The van der Waals surface area contributed by atoms with Crippen LogP contribution in [0, 0.1) is 20.8 Å².